The van der Waals surface area contributed by atoms with Gasteiger partial charge in [-0.25, -0.2) is 4.98 Å². The fourth-order valence-corrected chi connectivity index (χ4v) is 2.69. The molecule has 1 atom stereocenters. The predicted molar refractivity (Wildman–Crippen MR) is 97.6 cm³/mol. The Morgan fingerprint density at radius 2 is 1.76 bits per heavy atom. The van der Waals surface area contributed by atoms with Crippen molar-refractivity contribution in [3.63, 3.8) is 0 Å². The van der Waals surface area contributed by atoms with Crippen molar-refractivity contribution in [3.05, 3.63) is 59.2 Å². The summed E-state index contributed by atoms with van der Waals surface area (Å²) < 4.78 is 0. The number of fused-ring (bicyclic) bond motifs is 1. The van der Waals surface area contributed by atoms with Gasteiger partial charge in [-0.2, -0.15) is 0 Å². The van der Waals surface area contributed by atoms with Crippen LogP contribution in [0.4, 0.5) is 5.95 Å². The summed E-state index contributed by atoms with van der Waals surface area (Å²) in [5.74, 6) is -0.255. The number of imidazole rings is 1. The summed E-state index contributed by atoms with van der Waals surface area (Å²) in [7, 11) is 0. The quantitative estimate of drug-likeness (QED) is 0.684. The van der Waals surface area contributed by atoms with Crippen LogP contribution in [-0.4, -0.2) is 27.8 Å². The molecule has 0 fully saturated rings. The number of carbonyl (C=O) groups excluding carboxylic acids is 2. The molecule has 0 aliphatic rings. The highest BCUT2D eigenvalue weighted by molar-refractivity contribution is 6.01. The second kappa shape index (κ2) is 6.76. The summed E-state index contributed by atoms with van der Waals surface area (Å²) in [6.45, 7) is 5.50. The maximum absolute atomic E-state index is 12.3. The van der Waals surface area contributed by atoms with Crippen molar-refractivity contribution in [2.75, 3.05) is 5.32 Å². The lowest BCUT2D eigenvalue weighted by Gasteiger charge is -2.13. The molecule has 3 N–H and O–H groups in total. The molecule has 6 nitrogen and oxygen atoms in total. The molecule has 0 saturated carbocycles. The van der Waals surface area contributed by atoms with E-state index in [1.807, 2.05) is 44.2 Å². The lowest BCUT2D eigenvalue weighted by atomic mass is 10.1. The minimum absolute atomic E-state index is 0.279. The topological polar surface area (TPSA) is 86.9 Å². The number of hydrogen-bond acceptors (Lipinski definition) is 3. The lowest BCUT2D eigenvalue weighted by Crippen LogP contribution is -2.41. The van der Waals surface area contributed by atoms with Crippen molar-refractivity contribution in [2.24, 2.45) is 0 Å². The SMILES string of the molecule is Cc1cc(C)cc(C(=O)N[C@H](C)C(=O)Nc2nc3ccccc3[nH]2)c1. The van der Waals surface area contributed by atoms with Crippen LogP contribution >= 0.6 is 0 Å². The Bertz CT molecular complexity index is 892. The van der Waals surface area contributed by atoms with Gasteiger partial charge in [-0.15, -0.1) is 0 Å². The number of nitrogens with zero attached hydrogens (tertiary/aromatic N) is 1. The molecule has 0 spiro atoms. The average Bonchev–Trinajstić information content (AvgIpc) is 2.95. The number of anilines is 1. The normalized spacial score (nSPS) is 12.0. The van der Waals surface area contributed by atoms with E-state index in [9.17, 15) is 9.59 Å². The van der Waals surface area contributed by atoms with Crippen LogP contribution < -0.4 is 10.6 Å². The maximum Gasteiger partial charge on any atom is 0.251 e. The van der Waals surface area contributed by atoms with Gasteiger partial charge in [0, 0.05) is 5.56 Å². The highest BCUT2D eigenvalue weighted by atomic mass is 16.2. The standard InChI is InChI=1S/C19H20N4O2/c1-11-8-12(2)10-14(9-11)18(25)20-13(3)17(24)23-19-21-15-6-4-5-7-16(15)22-19/h4-10,13H,1-3H3,(H,20,25)(H2,21,22,23,24)/t13-/m1/s1. The zero-order valence-corrected chi connectivity index (χ0v) is 14.4. The molecule has 0 bridgehead atoms. The number of para-hydroxylation sites is 2. The summed E-state index contributed by atoms with van der Waals surface area (Å²) in [6.07, 6.45) is 0. The molecule has 6 heteroatoms. The van der Waals surface area contributed by atoms with Crippen molar-refractivity contribution in [1.29, 1.82) is 0 Å². The Morgan fingerprint density at radius 1 is 1.08 bits per heavy atom. The van der Waals surface area contributed by atoms with E-state index in [1.54, 1.807) is 19.1 Å². The van der Waals surface area contributed by atoms with Gasteiger partial charge >= 0.3 is 0 Å². The van der Waals surface area contributed by atoms with Crippen LogP contribution in [0, 0.1) is 13.8 Å². The Labute approximate surface area is 145 Å². The van der Waals surface area contributed by atoms with Crippen LogP contribution in [0.2, 0.25) is 0 Å². The Kier molecular flexibility index (Phi) is 4.52. The fourth-order valence-electron chi connectivity index (χ4n) is 2.69. The van der Waals surface area contributed by atoms with E-state index in [0.29, 0.717) is 11.5 Å². The van der Waals surface area contributed by atoms with E-state index < -0.39 is 6.04 Å². The van der Waals surface area contributed by atoms with Gasteiger partial charge in [0.05, 0.1) is 11.0 Å². The van der Waals surface area contributed by atoms with E-state index in [-0.39, 0.29) is 11.8 Å². The third kappa shape index (κ3) is 3.85. The predicted octanol–water partition coefficient (Wildman–Crippen LogP) is 2.94. The van der Waals surface area contributed by atoms with Crippen molar-refractivity contribution < 1.29 is 9.59 Å². The Hall–Kier alpha value is -3.15. The number of rotatable bonds is 4. The number of hydrogen-bond donors (Lipinski definition) is 3. The minimum atomic E-state index is -0.693. The van der Waals surface area contributed by atoms with Gasteiger partial charge in [0.25, 0.3) is 5.91 Å². The monoisotopic (exact) mass is 336 g/mol. The van der Waals surface area contributed by atoms with Crippen LogP contribution in [0.15, 0.2) is 42.5 Å². The molecule has 25 heavy (non-hydrogen) atoms. The van der Waals surface area contributed by atoms with Crippen LogP contribution in [-0.2, 0) is 4.79 Å². The lowest BCUT2D eigenvalue weighted by molar-refractivity contribution is -0.117. The number of aromatic amines is 1. The molecular formula is C19H20N4O2. The molecule has 3 rings (SSSR count). The van der Waals surface area contributed by atoms with Gasteiger partial charge in [-0.05, 0) is 45.0 Å². The van der Waals surface area contributed by atoms with Gasteiger partial charge in [-0.1, -0.05) is 29.3 Å². The average molecular weight is 336 g/mol. The van der Waals surface area contributed by atoms with Crippen LogP contribution in [0.5, 0.6) is 0 Å². The van der Waals surface area contributed by atoms with Crippen molar-refractivity contribution >= 4 is 28.8 Å². The minimum Gasteiger partial charge on any atom is -0.341 e. The summed E-state index contributed by atoms with van der Waals surface area (Å²) in [6, 6.07) is 12.4. The van der Waals surface area contributed by atoms with Gasteiger partial charge in [0.2, 0.25) is 11.9 Å². The number of amides is 2. The summed E-state index contributed by atoms with van der Waals surface area (Å²) in [5.41, 5.74) is 4.16. The molecule has 0 unspecified atom stereocenters. The van der Waals surface area contributed by atoms with Crippen molar-refractivity contribution in [3.8, 4) is 0 Å². The zero-order valence-electron chi connectivity index (χ0n) is 14.4. The van der Waals surface area contributed by atoms with E-state index in [4.69, 9.17) is 0 Å². The van der Waals surface area contributed by atoms with E-state index >= 15 is 0 Å². The Balaban J connectivity index is 1.66. The summed E-state index contributed by atoms with van der Waals surface area (Å²) in [5, 5.41) is 5.40. The van der Waals surface area contributed by atoms with Crippen LogP contribution in [0.25, 0.3) is 11.0 Å². The van der Waals surface area contributed by atoms with Gasteiger partial charge in [0.1, 0.15) is 6.04 Å². The number of carbonyl (C=O) groups is 2. The van der Waals surface area contributed by atoms with Crippen molar-refractivity contribution in [2.45, 2.75) is 26.8 Å². The number of aryl methyl sites for hydroxylation is 2. The third-order valence-electron chi connectivity index (χ3n) is 3.86. The first-order chi connectivity index (χ1) is 11.9. The van der Waals surface area contributed by atoms with Gasteiger partial charge in [-0.3, -0.25) is 14.9 Å². The number of benzene rings is 2. The number of aromatic nitrogens is 2. The van der Waals surface area contributed by atoms with Crippen LogP contribution in [0.1, 0.15) is 28.4 Å². The largest absolute Gasteiger partial charge is 0.341 e. The van der Waals surface area contributed by atoms with Crippen molar-refractivity contribution in [1.82, 2.24) is 15.3 Å². The molecule has 0 aliphatic carbocycles. The highest BCUT2D eigenvalue weighted by Crippen LogP contribution is 2.13. The van der Waals surface area contributed by atoms with Gasteiger partial charge < -0.3 is 10.3 Å². The molecule has 0 aliphatic heterocycles. The molecule has 0 saturated heterocycles. The first-order valence-corrected chi connectivity index (χ1v) is 8.07. The molecule has 2 aromatic carbocycles. The molecular weight excluding hydrogens is 316 g/mol. The second-order valence-electron chi connectivity index (χ2n) is 6.16. The Morgan fingerprint density at radius 3 is 2.44 bits per heavy atom. The first-order valence-electron chi connectivity index (χ1n) is 8.07. The van der Waals surface area contributed by atoms with Crippen LogP contribution in [0.3, 0.4) is 0 Å². The third-order valence-corrected chi connectivity index (χ3v) is 3.86. The molecule has 1 heterocycles. The maximum atomic E-state index is 12.3. The zero-order chi connectivity index (χ0) is 18.0. The molecule has 2 amide bonds. The van der Waals surface area contributed by atoms with E-state index in [0.717, 1.165) is 22.2 Å². The first kappa shape index (κ1) is 16.7. The molecule has 3 aromatic rings. The summed E-state index contributed by atoms with van der Waals surface area (Å²) >= 11 is 0. The number of nitrogens with one attached hydrogen (secondary N) is 3. The molecule has 128 valence electrons. The second-order valence-corrected chi connectivity index (χ2v) is 6.16. The number of H-pyrrole nitrogens is 1. The molecule has 0 radical (unpaired) electrons. The fraction of sp³-hybridized carbons (Fsp3) is 0.211. The molecule has 1 aromatic heterocycles. The van der Waals surface area contributed by atoms with E-state index in [2.05, 4.69) is 20.6 Å². The smallest absolute Gasteiger partial charge is 0.251 e. The summed E-state index contributed by atoms with van der Waals surface area (Å²) in [4.78, 5) is 32.0. The van der Waals surface area contributed by atoms with E-state index in [1.165, 1.54) is 0 Å². The van der Waals surface area contributed by atoms with Gasteiger partial charge in [0.15, 0.2) is 0 Å². The highest BCUT2D eigenvalue weighted by Gasteiger charge is 2.18.